The fourth-order valence-corrected chi connectivity index (χ4v) is 1.18. The molecule has 0 spiro atoms. The average molecular weight is 214 g/mol. The molecule has 2 N–H and O–H groups in total. The van der Waals surface area contributed by atoms with Gasteiger partial charge in [0.25, 0.3) is 0 Å². The van der Waals surface area contributed by atoms with Gasteiger partial charge in [-0.2, -0.15) is 0 Å². The van der Waals surface area contributed by atoms with Crippen LogP contribution < -0.4 is 5.32 Å². The van der Waals surface area contributed by atoms with Gasteiger partial charge >= 0.3 is 0 Å². The molecule has 0 fully saturated rings. The van der Waals surface area contributed by atoms with E-state index in [1.54, 1.807) is 0 Å². The lowest BCUT2D eigenvalue weighted by Gasteiger charge is -2.04. The maximum absolute atomic E-state index is 10.8. The second-order valence-corrected chi connectivity index (χ2v) is 3.16. The fraction of sp³-hybridized carbons (Fsp3) is 0.300. The molecule has 76 valence electrons. The van der Waals surface area contributed by atoms with E-state index in [1.807, 2.05) is 24.3 Å². The normalized spacial score (nSPS) is 9.86. The number of aliphatic hydroxyl groups excluding tert-OH is 1. The lowest BCUT2D eigenvalue weighted by atomic mass is 10.1. The molecule has 1 amide bonds. The van der Waals surface area contributed by atoms with Gasteiger partial charge in [-0.15, -0.1) is 11.6 Å². The smallest absolute Gasteiger partial charge is 0.235 e. The summed E-state index contributed by atoms with van der Waals surface area (Å²) in [4.78, 5) is 10.8. The predicted octanol–water partition coefficient (Wildman–Crippen LogP) is 1.03. The molecule has 0 saturated heterocycles. The lowest BCUT2D eigenvalue weighted by Crippen LogP contribution is -2.23. The third-order valence-electron chi connectivity index (χ3n) is 1.79. The quantitative estimate of drug-likeness (QED) is 0.735. The van der Waals surface area contributed by atoms with Gasteiger partial charge in [0, 0.05) is 6.54 Å². The molecule has 0 atom stereocenters. The zero-order chi connectivity index (χ0) is 10.4. The van der Waals surface area contributed by atoms with Gasteiger partial charge in [0.15, 0.2) is 0 Å². The van der Waals surface area contributed by atoms with Crippen molar-refractivity contribution in [2.45, 2.75) is 13.2 Å². The molecule has 0 heterocycles. The Morgan fingerprint density at radius 3 is 2.79 bits per heavy atom. The number of benzene rings is 1. The molecule has 0 bridgehead atoms. The Bertz CT molecular complexity index is 315. The third-order valence-corrected chi connectivity index (χ3v) is 2.03. The van der Waals surface area contributed by atoms with Crippen LogP contribution in [0, 0.1) is 0 Å². The van der Waals surface area contributed by atoms with Crippen LogP contribution in [0.1, 0.15) is 11.1 Å². The summed E-state index contributed by atoms with van der Waals surface area (Å²) >= 11 is 5.32. The van der Waals surface area contributed by atoms with Crippen molar-refractivity contribution in [3.63, 3.8) is 0 Å². The fourth-order valence-electron chi connectivity index (χ4n) is 1.09. The van der Waals surface area contributed by atoms with Gasteiger partial charge in [0.1, 0.15) is 5.88 Å². The van der Waals surface area contributed by atoms with Crippen LogP contribution >= 0.6 is 11.6 Å². The number of rotatable bonds is 4. The topological polar surface area (TPSA) is 49.3 Å². The van der Waals surface area contributed by atoms with E-state index in [2.05, 4.69) is 5.32 Å². The van der Waals surface area contributed by atoms with Gasteiger partial charge in [-0.05, 0) is 11.1 Å². The molecule has 4 heteroatoms. The third kappa shape index (κ3) is 3.36. The molecule has 0 saturated carbocycles. The van der Waals surface area contributed by atoms with Crippen molar-refractivity contribution in [1.82, 2.24) is 5.32 Å². The Labute approximate surface area is 87.7 Å². The summed E-state index contributed by atoms with van der Waals surface area (Å²) in [6.07, 6.45) is 0. The van der Waals surface area contributed by atoms with Crippen molar-refractivity contribution in [2.75, 3.05) is 5.88 Å². The molecular weight excluding hydrogens is 202 g/mol. The molecule has 0 aliphatic heterocycles. The minimum atomic E-state index is -0.193. The molecule has 3 nitrogen and oxygen atoms in total. The number of aliphatic hydroxyl groups is 1. The summed E-state index contributed by atoms with van der Waals surface area (Å²) in [7, 11) is 0. The summed E-state index contributed by atoms with van der Waals surface area (Å²) in [5.41, 5.74) is 1.79. The molecule has 1 aromatic rings. The minimum absolute atomic E-state index is 0.0112. The van der Waals surface area contributed by atoms with Crippen LogP contribution in [0.5, 0.6) is 0 Å². The van der Waals surface area contributed by atoms with E-state index in [-0.39, 0.29) is 18.4 Å². The van der Waals surface area contributed by atoms with Crippen molar-refractivity contribution in [3.05, 3.63) is 35.4 Å². The van der Waals surface area contributed by atoms with Crippen LogP contribution in [-0.2, 0) is 17.9 Å². The lowest BCUT2D eigenvalue weighted by molar-refractivity contribution is -0.118. The predicted molar refractivity (Wildman–Crippen MR) is 54.9 cm³/mol. The van der Waals surface area contributed by atoms with E-state index >= 15 is 0 Å². The van der Waals surface area contributed by atoms with Gasteiger partial charge in [-0.25, -0.2) is 0 Å². The first-order chi connectivity index (χ1) is 6.76. The van der Waals surface area contributed by atoms with Gasteiger partial charge in [0.05, 0.1) is 6.61 Å². The highest BCUT2D eigenvalue weighted by Gasteiger charge is 1.98. The molecule has 0 aliphatic carbocycles. The number of hydrogen-bond acceptors (Lipinski definition) is 2. The SMILES string of the molecule is O=C(CCl)NCc1cccc(CO)c1. The minimum Gasteiger partial charge on any atom is -0.392 e. The maximum Gasteiger partial charge on any atom is 0.235 e. The summed E-state index contributed by atoms with van der Waals surface area (Å²) in [5.74, 6) is -0.222. The maximum atomic E-state index is 10.8. The molecule has 1 aromatic carbocycles. The van der Waals surface area contributed by atoms with Gasteiger partial charge in [0.2, 0.25) is 5.91 Å². The van der Waals surface area contributed by atoms with Crippen molar-refractivity contribution in [2.24, 2.45) is 0 Å². The Morgan fingerprint density at radius 1 is 1.43 bits per heavy atom. The highest BCUT2D eigenvalue weighted by molar-refractivity contribution is 6.27. The number of carbonyl (C=O) groups excluding carboxylic acids is 1. The van der Waals surface area contributed by atoms with Gasteiger partial charge < -0.3 is 10.4 Å². The number of amides is 1. The standard InChI is InChI=1S/C10H12ClNO2/c11-5-10(14)12-6-8-2-1-3-9(4-8)7-13/h1-4,13H,5-7H2,(H,12,14). The van der Waals surface area contributed by atoms with E-state index in [0.29, 0.717) is 6.54 Å². The van der Waals surface area contributed by atoms with Crippen LogP contribution in [0.25, 0.3) is 0 Å². The van der Waals surface area contributed by atoms with E-state index in [9.17, 15) is 4.79 Å². The first-order valence-corrected chi connectivity index (χ1v) is 4.81. The highest BCUT2D eigenvalue weighted by atomic mass is 35.5. The highest BCUT2D eigenvalue weighted by Crippen LogP contribution is 2.04. The Kier molecular flexibility index (Phi) is 4.43. The van der Waals surface area contributed by atoms with Crippen molar-refractivity contribution >= 4 is 17.5 Å². The number of alkyl halides is 1. The zero-order valence-corrected chi connectivity index (χ0v) is 8.42. The second-order valence-electron chi connectivity index (χ2n) is 2.89. The summed E-state index contributed by atoms with van der Waals surface area (Å²) in [6.45, 7) is 0.455. The monoisotopic (exact) mass is 213 g/mol. The van der Waals surface area contributed by atoms with Crippen LogP contribution in [0.3, 0.4) is 0 Å². The van der Waals surface area contributed by atoms with Crippen LogP contribution in [0.15, 0.2) is 24.3 Å². The largest absolute Gasteiger partial charge is 0.392 e. The van der Waals surface area contributed by atoms with Crippen molar-refractivity contribution in [1.29, 1.82) is 0 Å². The van der Waals surface area contributed by atoms with Crippen LogP contribution in [0.4, 0.5) is 0 Å². The number of nitrogens with one attached hydrogen (secondary N) is 1. The van der Waals surface area contributed by atoms with E-state index in [1.165, 1.54) is 0 Å². The first kappa shape index (κ1) is 11.0. The number of hydrogen-bond donors (Lipinski definition) is 2. The van der Waals surface area contributed by atoms with Crippen LogP contribution in [-0.4, -0.2) is 16.9 Å². The van der Waals surface area contributed by atoms with Crippen molar-refractivity contribution < 1.29 is 9.90 Å². The number of carbonyl (C=O) groups is 1. The summed E-state index contributed by atoms with van der Waals surface area (Å²) < 4.78 is 0. The summed E-state index contributed by atoms with van der Waals surface area (Å²) in [6, 6.07) is 7.39. The van der Waals surface area contributed by atoms with E-state index in [0.717, 1.165) is 11.1 Å². The molecule has 0 unspecified atom stereocenters. The number of halogens is 1. The molecular formula is C10H12ClNO2. The zero-order valence-electron chi connectivity index (χ0n) is 7.66. The first-order valence-electron chi connectivity index (χ1n) is 4.27. The molecule has 1 rings (SSSR count). The van der Waals surface area contributed by atoms with E-state index in [4.69, 9.17) is 16.7 Å². The Balaban J connectivity index is 2.54. The molecule has 0 aliphatic rings. The molecule has 14 heavy (non-hydrogen) atoms. The summed E-state index contributed by atoms with van der Waals surface area (Å²) in [5, 5.41) is 11.5. The Morgan fingerprint density at radius 2 is 2.14 bits per heavy atom. The van der Waals surface area contributed by atoms with Crippen molar-refractivity contribution in [3.8, 4) is 0 Å². The Hall–Kier alpha value is -1.06. The van der Waals surface area contributed by atoms with Gasteiger partial charge in [-0.3, -0.25) is 4.79 Å². The van der Waals surface area contributed by atoms with Crippen LogP contribution in [0.2, 0.25) is 0 Å². The second kappa shape index (κ2) is 5.62. The van der Waals surface area contributed by atoms with Gasteiger partial charge in [-0.1, -0.05) is 24.3 Å². The average Bonchev–Trinajstić information content (AvgIpc) is 2.26. The van der Waals surface area contributed by atoms with E-state index < -0.39 is 0 Å². The molecule has 0 radical (unpaired) electrons. The molecule has 0 aromatic heterocycles.